The van der Waals surface area contributed by atoms with E-state index in [2.05, 4.69) is 20.8 Å². The number of hydrogen-bond donors (Lipinski definition) is 1. The summed E-state index contributed by atoms with van der Waals surface area (Å²) in [4.78, 5) is 11.8. The maximum absolute atomic E-state index is 11.8. The molecule has 0 saturated carbocycles. The number of tetrazole rings is 1. The van der Waals surface area contributed by atoms with Gasteiger partial charge in [-0.15, -0.1) is 5.10 Å². The van der Waals surface area contributed by atoms with Gasteiger partial charge in [0.25, 0.3) is 0 Å². The number of carbonyl (C=O) groups is 1. The maximum Gasteiger partial charge on any atom is 0.407 e. The summed E-state index contributed by atoms with van der Waals surface area (Å²) in [6.45, 7) is 0.345. The van der Waals surface area contributed by atoms with E-state index in [4.69, 9.17) is 16.3 Å². The van der Waals surface area contributed by atoms with Crippen LogP contribution in [0, 0.1) is 0 Å². The Labute approximate surface area is 143 Å². The van der Waals surface area contributed by atoms with Crippen LogP contribution in [-0.2, 0) is 17.9 Å². The predicted molar refractivity (Wildman–Crippen MR) is 87.6 cm³/mol. The van der Waals surface area contributed by atoms with E-state index in [1.165, 1.54) is 4.68 Å². The monoisotopic (exact) mass is 343 g/mol. The minimum Gasteiger partial charge on any atom is -0.445 e. The molecule has 0 unspecified atom stereocenters. The van der Waals surface area contributed by atoms with E-state index in [-0.39, 0.29) is 13.2 Å². The van der Waals surface area contributed by atoms with Crippen LogP contribution in [0.3, 0.4) is 0 Å². The third kappa shape index (κ3) is 4.08. The number of ether oxygens (including phenoxy) is 1. The number of rotatable bonds is 5. The van der Waals surface area contributed by atoms with Gasteiger partial charge in [0.1, 0.15) is 6.61 Å². The summed E-state index contributed by atoms with van der Waals surface area (Å²) in [5, 5.41) is 14.7. The summed E-state index contributed by atoms with van der Waals surface area (Å²) < 4.78 is 6.66. The van der Waals surface area contributed by atoms with E-state index in [1.807, 2.05) is 30.3 Å². The first-order valence-electron chi connectivity index (χ1n) is 7.20. The smallest absolute Gasteiger partial charge is 0.407 e. The van der Waals surface area contributed by atoms with Crippen molar-refractivity contribution in [3.05, 3.63) is 71.0 Å². The van der Waals surface area contributed by atoms with Crippen molar-refractivity contribution in [2.24, 2.45) is 0 Å². The van der Waals surface area contributed by atoms with Gasteiger partial charge in [0.2, 0.25) is 0 Å². The number of amides is 1. The van der Waals surface area contributed by atoms with E-state index in [1.54, 1.807) is 24.3 Å². The fourth-order valence-corrected chi connectivity index (χ4v) is 2.15. The highest BCUT2D eigenvalue weighted by Gasteiger charge is 2.10. The minimum atomic E-state index is -0.537. The quantitative estimate of drug-likeness (QED) is 0.770. The van der Waals surface area contributed by atoms with Gasteiger partial charge in [0.05, 0.1) is 12.2 Å². The number of benzene rings is 2. The van der Waals surface area contributed by atoms with Crippen LogP contribution in [0.4, 0.5) is 4.79 Å². The van der Waals surface area contributed by atoms with Crippen molar-refractivity contribution in [2.45, 2.75) is 13.2 Å². The Kier molecular flexibility index (Phi) is 5.02. The van der Waals surface area contributed by atoms with Gasteiger partial charge in [-0.2, -0.15) is 4.68 Å². The highest BCUT2D eigenvalue weighted by Crippen LogP contribution is 2.13. The fourth-order valence-electron chi connectivity index (χ4n) is 2.02. The van der Waals surface area contributed by atoms with Crippen LogP contribution >= 0.6 is 11.6 Å². The zero-order valence-corrected chi connectivity index (χ0v) is 13.3. The first kappa shape index (κ1) is 15.9. The highest BCUT2D eigenvalue weighted by atomic mass is 35.5. The molecule has 0 atom stereocenters. The lowest BCUT2D eigenvalue weighted by molar-refractivity contribution is 0.139. The Hall–Kier alpha value is -2.93. The van der Waals surface area contributed by atoms with Gasteiger partial charge in [0.15, 0.2) is 5.82 Å². The molecule has 3 aromatic rings. The molecule has 24 heavy (non-hydrogen) atoms. The Bertz CT molecular complexity index is 805. The van der Waals surface area contributed by atoms with Crippen molar-refractivity contribution >= 4 is 17.7 Å². The predicted octanol–water partition coefficient (Wildman–Crippen LogP) is 2.74. The molecule has 122 valence electrons. The van der Waals surface area contributed by atoms with Crippen LogP contribution in [-0.4, -0.2) is 26.3 Å². The van der Waals surface area contributed by atoms with Crippen molar-refractivity contribution in [1.29, 1.82) is 0 Å². The van der Waals surface area contributed by atoms with E-state index >= 15 is 0 Å². The maximum atomic E-state index is 11.8. The SMILES string of the molecule is O=C(NCc1nnnn1-c1ccc(Cl)cc1)OCc1ccccc1. The van der Waals surface area contributed by atoms with Crippen molar-refractivity contribution in [3.63, 3.8) is 0 Å². The summed E-state index contributed by atoms with van der Waals surface area (Å²) in [5.74, 6) is 0.481. The summed E-state index contributed by atoms with van der Waals surface area (Å²) in [6, 6.07) is 16.5. The van der Waals surface area contributed by atoms with Gasteiger partial charge >= 0.3 is 6.09 Å². The third-order valence-corrected chi connectivity index (χ3v) is 3.46. The van der Waals surface area contributed by atoms with Crippen LogP contribution in [0.1, 0.15) is 11.4 Å². The summed E-state index contributed by atoms with van der Waals surface area (Å²) in [7, 11) is 0. The Morgan fingerprint density at radius 2 is 1.88 bits per heavy atom. The van der Waals surface area contributed by atoms with E-state index in [0.717, 1.165) is 11.3 Å². The lowest BCUT2D eigenvalue weighted by atomic mass is 10.2. The molecule has 7 nitrogen and oxygen atoms in total. The van der Waals surface area contributed by atoms with Gasteiger partial charge in [0, 0.05) is 5.02 Å². The summed E-state index contributed by atoms with van der Waals surface area (Å²) >= 11 is 5.87. The van der Waals surface area contributed by atoms with Crippen molar-refractivity contribution in [1.82, 2.24) is 25.5 Å². The molecule has 8 heteroatoms. The zero-order valence-electron chi connectivity index (χ0n) is 12.6. The Morgan fingerprint density at radius 1 is 1.12 bits per heavy atom. The number of alkyl carbamates (subject to hydrolysis) is 1. The van der Waals surface area contributed by atoms with Gasteiger partial charge in [-0.3, -0.25) is 0 Å². The van der Waals surface area contributed by atoms with Gasteiger partial charge in [-0.25, -0.2) is 4.79 Å². The average molecular weight is 344 g/mol. The number of hydrogen-bond acceptors (Lipinski definition) is 5. The van der Waals surface area contributed by atoms with Crippen LogP contribution in [0.25, 0.3) is 5.69 Å². The molecule has 0 fully saturated rings. The Morgan fingerprint density at radius 3 is 2.62 bits per heavy atom. The van der Waals surface area contributed by atoms with Crippen molar-refractivity contribution in [3.8, 4) is 5.69 Å². The van der Waals surface area contributed by atoms with Crippen LogP contribution in [0.15, 0.2) is 54.6 Å². The Balaban J connectivity index is 1.56. The topological polar surface area (TPSA) is 81.9 Å². The zero-order chi connectivity index (χ0) is 16.8. The van der Waals surface area contributed by atoms with Crippen molar-refractivity contribution < 1.29 is 9.53 Å². The molecule has 0 saturated heterocycles. The first-order valence-corrected chi connectivity index (χ1v) is 7.58. The van der Waals surface area contributed by atoms with Crippen LogP contribution in [0.2, 0.25) is 5.02 Å². The molecule has 1 N–H and O–H groups in total. The number of nitrogens with one attached hydrogen (secondary N) is 1. The second-order valence-corrected chi connectivity index (χ2v) is 5.34. The molecule has 1 aromatic heterocycles. The van der Waals surface area contributed by atoms with Crippen LogP contribution < -0.4 is 5.32 Å². The minimum absolute atomic E-state index is 0.142. The summed E-state index contributed by atoms with van der Waals surface area (Å²) in [6.07, 6.45) is -0.537. The van der Waals surface area contributed by atoms with E-state index in [0.29, 0.717) is 10.8 Å². The van der Waals surface area contributed by atoms with Crippen LogP contribution in [0.5, 0.6) is 0 Å². The second kappa shape index (κ2) is 7.56. The normalized spacial score (nSPS) is 10.4. The molecule has 3 rings (SSSR count). The lowest BCUT2D eigenvalue weighted by Crippen LogP contribution is -2.25. The summed E-state index contributed by atoms with van der Waals surface area (Å²) in [5.41, 5.74) is 1.66. The number of halogens is 1. The number of aromatic nitrogens is 4. The van der Waals surface area contributed by atoms with E-state index in [9.17, 15) is 4.79 Å². The average Bonchev–Trinajstić information content (AvgIpc) is 3.08. The lowest BCUT2D eigenvalue weighted by Gasteiger charge is -2.07. The molecule has 0 aliphatic rings. The molecule has 2 aromatic carbocycles. The molecule has 0 spiro atoms. The molecule has 1 amide bonds. The molecule has 1 heterocycles. The standard InChI is InChI=1S/C16H14ClN5O2/c17-13-6-8-14(9-7-13)22-15(19-20-21-22)10-18-16(23)24-11-12-4-2-1-3-5-12/h1-9H,10-11H2,(H,18,23). The van der Waals surface area contributed by atoms with Gasteiger partial charge in [-0.05, 0) is 40.3 Å². The largest absolute Gasteiger partial charge is 0.445 e. The number of nitrogens with zero attached hydrogens (tertiary/aromatic N) is 4. The molecule has 0 radical (unpaired) electrons. The van der Waals surface area contributed by atoms with E-state index < -0.39 is 6.09 Å². The second-order valence-electron chi connectivity index (χ2n) is 4.90. The molecule has 0 aliphatic carbocycles. The molecular weight excluding hydrogens is 330 g/mol. The fraction of sp³-hybridized carbons (Fsp3) is 0.125. The molecular formula is C16H14ClN5O2. The van der Waals surface area contributed by atoms with Gasteiger partial charge < -0.3 is 10.1 Å². The third-order valence-electron chi connectivity index (χ3n) is 3.21. The number of carbonyl (C=O) groups excluding carboxylic acids is 1. The highest BCUT2D eigenvalue weighted by molar-refractivity contribution is 6.30. The first-order chi connectivity index (χ1) is 11.7. The molecule has 0 bridgehead atoms. The molecule has 0 aliphatic heterocycles. The van der Waals surface area contributed by atoms with Gasteiger partial charge in [-0.1, -0.05) is 41.9 Å². The van der Waals surface area contributed by atoms with Crippen molar-refractivity contribution in [2.75, 3.05) is 0 Å².